The van der Waals surface area contributed by atoms with Crippen LogP contribution in [-0.2, 0) is 4.79 Å². The molecule has 0 saturated carbocycles. The topological polar surface area (TPSA) is 49.6 Å². The van der Waals surface area contributed by atoms with E-state index in [-0.39, 0.29) is 10.9 Å². The van der Waals surface area contributed by atoms with Crippen LogP contribution < -0.4 is 5.73 Å². The first-order chi connectivity index (χ1) is 8.34. The molecule has 18 heavy (non-hydrogen) atoms. The molecule has 0 aromatic heterocycles. The Morgan fingerprint density at radius 3 is 2.44 bits per heavy atom. The molecule has 1 unspecified atom stereocenters. The number of nitrogens with zero attached hydrogens (tertiary/aromatic N) is 2. The first kappa shape index (κ1) is 15.4. The number of rotatable bonds is 5. The molecule has 0 radical (unpaired) electrons. The number of nitrogens with two attached hydrogens (primary N) is 1. The van der Waals surface area contributed by atoms with Gasteiger partial charge >= 0.3 is 0 Å². The first-order valence-electron chi connectivity index (χ1n) is 6.67. The highest BCUT2D eigenvalue weighted by Crippen LogP contribution is 2.24. The Bertz CT molecular complexity index is 326. The fraction of sp³-hybridized carbons (Fsp3) is 0.846. The molecule has 1 saturated heterocycles. The third kappa shape index (κ3) is 3.01. The van der Waals surface area contributed by atoms with Crippen LogP contribution in [0.15, 0.2) is 0 Å². The normalized spacial score (nSPS) is 20.5. The molecule has 0 bridgehead atoms. The summed E-state index contributed by atoms with van der Waals surface area (Å²) < 4.78 is 0. The SMILES string of the molecule is CCN(CC)C1CCN(C(=O)C(C)(C)C(N)=S)C1. The van der Waals surface area contributed by atoms with Gasteiger partial charge < -0.3 is 10.6 Å². The van der Waals surface area contributed by atoms with Crippen molar-refractivity contribution in [3.63, 3.8) is 0 Å². The third-order valence-electron chi connectivity index (χ3n) is 3.93. The first-order valence-corrected chi connectivity index (χ1v) is 7.08. The lowest BCUT2D eigenvalue weighted by atomic mass is 9.92. The van der Waals surface area contributed by atoms with E-state index in [4.69, 9.17) is 18.0 Å². The summed E-state index contributed by atoms with van der Waals surface area (Å²) in [6.07, 6.45) is 1.04. The van der Waals surface area contributed by atoms with Gasteiger partial charge in [0, 0.05) is 19.1 Å². The van der Waals surface area contributed by atoms with E-state index in [1.807, 2.05) is 18.7 Å². The lowest BCUT2D eigenvalue weighted by molar-refractivity contribution is -0.136. The van der Waals surface area contributed by atoms with Crippen molar-refractivity contribution in [1.29, 1.82) is 0 Å². The van der Waals surface area contributed by atoms with Gasteiger partial charge in [0.15, 0.2) is 0 Å². The van der Waals surface area contributed by atoms with Crippen LogP contribution in [0.2, 0.25) is 0 Å². The van der Waals surface area contributed by atoms with Crippen LogP contribution >= 0.6 is 12.2 Å². The van der Waals surface area contributed by atoms with E-state index in [1.54, 1.807) is 0 Å². The van der Waals surface area contributed by atoms with Gasteiger partial charge in [0.25, 0.3) is 0 Å². The maximum atomic E-state index is 12.4. The Hall–Kier alpha value is -0.680. The average Bonchev–Trinajstić information content (AvgIpc) is 2.78. The monoisotopic (exact) mass is 271 g/mol. The van der Waals surface area contributed by atoms with E-state index in [2.05, 4.69) is 18.7 Å². The van der Waals surface area contributed by atoms with E-state index < -0.39 is 5.41 Å². The Morgan fingerprint density at radius 1 is 1.44 bits per heavy atom. The summed E-state index contributed by atoms with van der Waals surface area (Å²) in [5.74, 6) is 0.0599. The molecule has 1 amide bonds. The summed E-state index contributed by atoms with van der Waals surface area (Å²) in [5.41, 5.74) is 4.93. The molecule has 0 aromatic carbocycles. The summed E-state index contributed by atoms with van der Waals surface area (Å²) in [4.78, 5) is 17.0. The molecular formula is C13H25N3OS. The van der Waals surface area contributed by atoms with E-state index in [0.717, 1.165) is 32.6 Å². The Labute approximate surface area is 115 Å². The van der Waals surface area contributed by atoms with Gasteiger partial charge in [-0.3, -0.25) is 9.69 Å². The van der Waals surface area contributed by atoms with Crippen molar-refractivity contribution < 1.29 is 4.79 Å². The predicted molar refractivity (Wildman–Crippen MR) is 78.5 cm³/mol. The van der Waals surface area contributed by atoms with Crippen LogP contribution in [-0.4, -0.2) is 52.9 Å². The molecule has 0 aromatic rings. The van der Waals surface area contributed by atoms with Gasteiger partial charge in [-0.25, -0.2) is 0 Å². The fourth-order valence-corrected chi connectivity index (χ4v) is 2.55. The van der Waals surface area contributed by atoms with Gasteiger partial charge in [0.1, 0.15) is 0 Å². The summed E-state index contributed by atoms with van der Waals surface area (Å²) in [6.45, 7) is 11.6. The zero-order valence-corrected chi connectivity index (χ0v) is 12.7. The minimum atomic E-state index is -0.729. The highest BCUT2D eigenvalue weighted by atomic mass is 32.1. The lowest BCUT2D eigenvalue weighted by Gasteiger charge is -2.30. The zero-order valence-electron chi connectivity index (χ0n) is 11.9. The molecule has 1 rings (SSSR count). The number of carbonyl (C=O) groups excluding carboxylic acids is 1. The summed E-state index contributed by atoms with van der Waals surface area (Å²) in [5, 5.41) is 0. The van der Waals surface area contributed by atoms with Crippen LogP contribution in [0, 0.1) is 5.41 Å². The molecule has 104 valence electrons. The van der Waals surface area contributed by atoms with Gasteiger partial charge in [-0.15, -0.1) is 0 Å². The van der Waals surface area contributed by atoms with Crippen LogP contribution in [0.4, 0.5) is 0 Å². The molecule has 1 fully saturated rings. The number of carbonyl (C=O) groups is 1. The maximum absolute atomic E-state index is 12.4. The van der Waals surface area contributed by atoms with E-state index in [9.17, 15) is 4.79 Å². The Kier molecular flexibility index (Phi) is 5.10. The smallest absolute Gasteiger partial charge is 0.235 e. The fourth-order valence-electron chi connectivity index (χ4n) is 2.47. The molecule has 1 aliphatic heterocycles. The molecule has 1 atom stereocenters. The molecule has 0 aliphatic carbocycles. The standard InChI is InChI=1S/C13H25N3OS/c1-5-15(6-2)10-7-8-16(9-10)12(17)13(3,4)11(14)18/h10H,5-9H2,1-4H3,(H2,14,18). The number of amides is 1. The molecule has 1 heterocycles. The van der Waals surface area contributed by atoms with Crippen molar-refractivity contribution in [2.24, 2.45) is 11.1 Å². The van der Waals surface area contributed by atoms with Crippen molar-refractivity contribution in [3.8, 4) is 0 Å². The van der Waals surface area contributed by atoms with Crippen LogP contribution in [0.25, 0.3) is 0 Å². The number of thiocarbonyl (C=S) groups is 1. The van der Waals surface area contributed by atoms with Gasteiger partial charge in [0.05, 0.1) is 10.4 Å². The van der Waals surface area contributed by atoms with Gasteiger partial charge in [-0.1, -0.05) is 26.1 Å². The maximum Gasteiger partial charge on any atom is 0.235 e. The van der Waals surface area contributed by atoms with Crippen LogP contribution in [0.1, 0.15) is 34.1 Å². The van der Waals surface area contributed by atoms with Gasteiger partial charge in [-0.2, -0.15) is 0 Å². The lowest BCUT2D eigenvalue weighted by Crippen LogP contribution is -2.47. The second-order valence-corrected chi connectivity index (χ2v) is 5.84. The molecule has 0 spiro atoms. The van der Waals surface area contributed by atoms with Crippen molar-refractivity contribution in [2.75, 3.05) is 26.2 Å². The van der Waals surface area contributed by atoms with E-state index in [0.29, 0.717) is 6.04 Å². The molecular weight excluding hydrogens is 246 g/mol. The van der Waals surface area contributed by atoms with Crippen LogP contribution in [0.5, 0.6) is 0 Å². The largest absolute Gasteiger partial charge is 0.392 e. The number of hydrogen-bond donors (Lipinski definition) is 1. The van der Waals surface area contributed by atoms with E-state index >= 15 is 0 Å². The highest BCUT2D eigenvalue weighted by molar-refractivity contribution is 7.80. The Balaban J connectivity index is 2.67. The number of hydrogen-bond acceptors (Lipinski definition) is 3. The van der Waals surface area contributed by atoms with Gasteiger partial charge in [-0.05, 0) is 33.4 Å². The van der Waals surface area contributed by atoms with Gasteiger partial charge in [0.2, 0.25) is 5.91 Å². The second-order valence-electron chi connectivity index (χ2n) is 5.40. The summed E-state index contributed by atoms with van der Waals surface area (Å²) in [6, 6.07) is 0.478. The van der Waals surface area contributed by atoms with Crippen molar-refractivity contribution in [3.05, 3.63) is 0 Å². The molecule has 4 nitrogen and oxygen atoms in total. The summed E-state index contributed by atoms with van der Waals surface area (Å²) in [7, 11) is 0. The number of likely N-dealkylation sites (tertiary alicyclic amines) is 1. The van der Waals surface area contributed by atoms with Crippen molar-refractivity contribution >= 4 is 23.1 Å². The molecule has 2 N–H and O–H groups in total. The van der Waals surface area contributed by atoms with E-state index in [1.165, 1.54) is 0 Å². The quantitative estimate of drug-likeness (QED) is 0.764. The van der Waals surface area contributed by atoms with Crippen LogP contribution in [0.3, 0.4) is 0 Å². The van der Waals surface area contributed by atoms with Crippen molar-refractivity contribution in [2.45, 2.75) is 40.2 Å². The van der Waals surface area contributed by atoms with Crippen molar-refractivity contribution in [1.82, 2.24) is 9.80 Å². The predicted octanol–water partition coefficient (Wildman–Crippen LogP) is 1.24. The minimum absolute atomic E-state index is 0.0599. The zero-order chi connectivity index (χ0) is 13.9. The minimum Gasteiger partial charge on any atom is -0.392 e. The highest BCUT2D eigenvalue weighted by Gasteiger charge is 2.38. The molecule has 5 heteroatoms. The number of likely N-dealkylation sites (N-methyl/N-ethyl adjacent to an activating group) is 1. The second kappa shape index (κ2) is 5.97. The third-order valence-corrected chi connectivity index (χ3v) is 4.44. The summed E-state index contributed by atoms with van der Waals surface area (Å²) >= 11 is 4.99. The molecule has 1 aliphatic rings. The average molecular weight is 271 g/mol. The Morgan fingerprint density at radius 2 is 2.00 bits per heavy atom.